The summed E-state index contributed by atoms with van der Waals surface area (Å²) in [5, 5.41) is 13.0. The van der Waals surface area contributed by atoms with E-state index in [9.17, 15) is 9.50 Å². The van der Waals surface area contributed by atoms with Crippen molar-refractivity contribution in [3.8, 4) is 5.75 Å². The summed E-state index contributed by atoms with van der Waals surface area (Å²) in [4.78, 5) is 3.91. The molecule has 1 unspecified atom stereocenters. The van der Waals surface area contributed by atoms with Crippen LogP contribution in [0.15, 0.2) is 42.5 Å². The van der Waals surface area contributed by atoms with Crippen LogP contribution in [0.1, 0.15) is 54.7 Å². The molecule has 5 nitrogen and oxygen atoms in total. The first kappa shape index (κ1) is 26.1. The van der Waals surface area contributed by atoms with Crippen LogP contribution in [0.25, 0.3) is 0 Å². The smallest absolute Gasteiger partial charge is 0.131 e. The van der Waals surface area contributed by atoms with Crippen LogP contribution in [0, 0.1) is 5.82 Å². The van der Waals surface area contributed by atoms with E-state index in [2.05, 4.69) is 35.5 Å². The third kappa shape index (κ3) is 7.74. The molecule has 0 bridgehead atoms. The molecule has 2 aliphatic rings. The molecule has 1 saturated heterocycles. The molecular formula is C29H44FN3O2+2. The normalized spacial score (nSPS) is 19.1. The Bertz CT molecular complexity index is 911. The maximum absolute atomic E-state index is 14.0. The average molecular weight is 486 g/mol. The molecule has 1 aliphatic carbocycles. The van der Waals surface area contributed by atoms with E-state index in [1.807, 2.05) is 12.1 Å². The maximum Gasteiger partial charge on any atom is 0.131 e. The number of nitrogens with zero attached hydrogens (tertiary/aromatic N) is 1. The Kier molecular flexibility index (Phi) is 9.95. The first-order valence-corrected chi connectivity index (χ1v) is 13.6. The Hall–Kier alpha value is -1.99. The first-order chi connectivity index (χ1) is 17.1. The minimum absolute atomic E-state index is 0.125. The molecule has 1 aliphatic heterocycles. The second-order valence-corrected chi connectivity index (χ2v) is 10.5. The highest BCUT2D eigenvalue weighted by atomic mass is 19.1. The lowest BCUT2D eigenvalue weighted by molar-refractivity contribution is -0.884. The molecule has 4 rings (SSSR count). The van der Waals surface area contributed by atoms with Gasteiger partial charge in [-0.1, -0.05) is 49.6 Å². The fourth-order valence-corrected chi connectivity index (χ4v) is 5.54. The molecule has 6 heteroatoms. The molecular weight excluding hydrogens is 441 g/mol. The van der Waals surface area contributed by atoms with Gasteiger partial charge in [0.15, 0.2) is 0 Å². The van der Waals surface area contributed by atoms with E-state index < -0.39 is 6.10 Å². The molecule has 0 radical (unpaired) electrons. The number of likely N-dealkylation sites (N-methyl/N-ethyl adjacent to an activating group) is 1. The van der Waals surface area contributed by atoms with Crippen molar-refractivity contribution in [2.75, 3.05) is 52.9 Å². The minimum atomic E-state index is -0.495. The molecule has 2 aromatic rings. The van der Waals surface area contributed by atoms with Crippen molar-refractivity contribution in [2.24, 2.45) is 0 Å². The van der Waals surface area contributed by atoms with Crippen LogP contribution in [-0.4, -0.2) is 69.0 Å². The van der Waals surface area contributed by atoms with E-state index in [4.69, 9.17) is 4.74 Å². The zero-order valence-electron chi connectivity index (χ0n) is 21.4. The summed E-state index contributed by atoms with van der Waals surface area (Å²) in [6.45, 7) is 6.93. The van der Waals surface area contributed by atoms with Gasteiger partial charge < -0.3 is 20.1 Å². The second-order valence-electron chi connectivity index (χ2n) is 10.5. The standard InChI is InChI=1S/C29H42FN3O2/c1-32-16-18-33(19-17-32)21-26(34)22-35-29-25(11-7-12-27(29)23-8-3-2-4-9-23)20-31-15-14-24-10-5-6-13-28(24)30/h5-7,10-13,23,26,31,34H,2-4,8-9,14-22H2,1H3/p+2. The van der Waals surface area contributed by atoms with Crippen LogP contribution < -0.4 is 15.0 Å². The van der Waals surface area contributed by atoms with E-state index in [-0.39, 0.29) is 5.82 Å². The first-order valence-electron chi connectivity index (χ1n) is 13.6. The Labute approximate surface area is 210 Å². The largest absolute Gasteiger partial charge is 0.490 e. The van der Waals surface area contributed by atoms with Crippen LogP contribution in [0.3, 0.4) is 0 Å². The summed E-state index contributed by atoms with van der Waals surface area (Å²) in [7, 11) is 2.23. The van der Waals surface area contributed by atoms with Crippen molar-refractivity contribution in [3.05, 3.63) is 65.0 Å². The number of rotatable bonds is 11. The van der Waals surface area contributed by atoms with Gasteiger partial charge in [-0.2, -0.15) is 0 Å². The minimum Gasteiger partial charge on any atom is -0.490 e. The Morgan fingerprint density at radius 3 is 2.57 bits per heavy atom. The Morgan fingerprint density at radius 2 is 1.80 bits per heavy atom. The Balaban J connectivity index is 1.38. The number of quaternary nitrogens is 2. The number of piperazine rings is 1. The maximum atomic E-state index is 14.0. The lowest BCUT2D eigenvalue weighted by Gasteiger charge is -2.31. The fraction of sp³-hybridized carbons (Fsp3) is 0.586. The van der Waals surface area contributed by atoms with Gasteiger partial charge in [0.2, 0.25) is 0 Å². The number of halogens is 1. The highest BCUT2D eigenvalue weighted by molar-refractivity contribution is 5.43. The predicted molar refractivity (Wildman–Crippen MR) is 137 cm³/mol. The summed E-state index contributed by atoms with van der Waals surface area (Å²) in [6.07, 6.45) is 6.50. The highest BCUT2D eigenvalue weighted by Crippen LogP contribution is 2.39. The zero-order valence-corrected chi connectivity index (χ0v) is 21.4. The van der Waals surface area contributed by atoms with Crippen LogP contribution >= 0.6 is 0 Å². The molecule has 4 N–H and O–H groups in total. The second kappa shape index (κ2) is 13.4. The molecule has 1 heterocycles. The molecule has 0 spiro atoms. The molecule has 192 valence electrons. The summed E-state index contributed by atoms with van der Waals surface area (Å²) >= 11 is 0. The number of para-hydroxylation sites is 1. The van der Waals surface area contributed by atoms with Gasteiger partial charge in [0.05, 0.1) is 26.7 Å². The molecule has 0 aromatic heterocycles. The average Bonchev–Trinajstić information content (AvgIpc) is 2.88. The van der Waals surface area contributed by atoms with Crippen molar-refractivity contribution >= 4 is 0 Å². The lowest BCUT2D eigenvalue weighted by Crippen LogP contribution is -3.12. The number of hydrogen-bond acceptors (Lipinski definition) is 3. The van der Waals surface area contributed by atoms with Crippen molar-refractivity contribution in [1.29, 1.82) is 0 Å². The topological polar surface area (TPSA) is 53.8 Å². The van der Waals surface area contributed by atoms with Crippen molar-refractivity contribution < 1.29 is 24.5 Å². The van der Waals surface area contributed by atoms with E-state index in [0.29, 0.717) is 25.5 Å². The van der Waals surface area contributed by atoms with Gasteiger partial charge in [-0.3, -0.25) is 4.90 Å². The quantitative estimate of drug-likeness (QED) is 0.425. The number of benzene rings is 2. The van der Waals surface area contributed by atoms with E-state index >= 15 is 0 Å². The summed E-state index contributed by atoms with van der Waals surface area (Å²) in [5.41, 5.74) is 3.25. The van der Waals surface area contributed by atoms with Gasteiger partial charge in [-0.15, -0.1) is 0 Å². The van der Waals surface area contributed by atoms with Gasteiger partial charge in [-0.05, 0) is 42.0 Å². The third-order valence-electron chi connectivity index (χ3n) is 7.71. The van der Waals surface area contributed by atoms with Gasteiger partial charge in [0, 0.05) is 31.6 Å². The lowest BCUT2D eigenvalue weighted by atomic mass is 9.83. The molecule has 0 amide bonds. The Morgan fingerprint density at radius 1 is 1.06 bits per heavy atom. The van der Waals surface area contributed by atoms with Gasteiger partial charge in [0.1, 0.15) is 30.8 Å². The number of aliphatic hydroxyl groups is 1. The number of aliphatic hydroxyl groups excluding tert-OH is 1. The van der Waals surface area contributed by atoms with Crippen LogP contribution in [0.2, 0.25) is 0 Å². The van der Waals surface area contributed by atoms with E-state index in [0.717, 1.165) is 50.6 Å². The van der Waals surface area contributed by atoms with Crippen molar-refractivity contribution in [2.45, 2.75) is 57.1 Å². The molecule has 2 aromatic carbocycles. The number of ether oxygens (including phenoxy) is 1. The van der Waals surface area contributed by atoms with Gasteiger partial charge in [-0.25, -0.2) is 4.39 Å². The molecule has 1 saturated carbocycles. The summed E-state index contributed by atoms with van der Waals surface area (Å²) in [5.74, 6) is 1.39. The third-order valence-corrected chi connectivity index (χ3v) is 7.71. The highest BCUT2D eigenvalue weighted by Gasteiger charge is 2.24. The monoisotopic (exact) mass is 485 g/mol. The summed E-state index contributed by atoms with van der Waals surface area (Å²) in [6, 6.07) is 13.6. The van der Waals surface area contributed by atoms with Crippen molar-refractivity contribution in [3.63, 3.8) is 0 Å². The van der Waals surface area contributed by atoms with Crippen LogP contribution in [-0.2, 0) is 13.0 Å². The van der Waals surface area contributed by atoms with E-state index in [1.165, 1.54) is 49.3 Å². The number of β-amino-alcohol motifs (C(OH)–C–C–N with tert-alkyl or cyclic N) is 1. The summed E-state index contributed by atoms with van der Waals surface area (Å²) < 4.78 is 20.4. The molecule has 1 atom stereocenters. The fourth-order valence-electron chi connectivity index (χ4n) is 5.54. The number of nitrogens with two attached hydrogens (primary N) is 1. The number of nitrogens with one attached hydrogen (secondary N) is 1. The van der Waals surface area contributed by atoms with E-state index in [1.54, 1.807) is 11.0 Å². The van der Waals surface area contributed by atoms with Crippen molar-refractivity contribution in [1.82, 2.24) is 4.90 Å². The zero-order chi connectivity index (χ0) is 24.5. The predicted octanol–water partition coefficient (Wildman–Crippen LogP) is 1.75. The SMILES string of the molecule is C[NH+]1CCN(CC(O)COc2c(C[NH2+]CCc3ccccc3F)cccc2C2CCCCC2)CC1. The molecule has 2 fully saturated rings. The van der Waals surface area contributed by atoms with Crippen LogP contribution in [0.4, 0.5) is 4.39 Å². The van der Waals surface area contributed by atoms with Gasteiger partial charge >= 0.3 is 0 Å². The van der Waals surface area contributed by atoms with Gasteiger partial charge in [0.25, 0.3) is 0 Å². The number of hydrogen-bond donors (Lipinski definition) is 3. The molecule has 35 heavy (non-hydrogen) atoms. The van der Waals surface area contributed by atoms with Crippen LogP contribution in [0.5, 0.6) is 5.75 Å².